The normalized spacial score (nSPS) is 13.3. The molecule has 22 heavy (non-hydrogen) atoms. The highest BCUT2D eigenvalue weighted by Crippen LogP contribution is 2.35. The molecule has 0 saturated carbocycles. The molecule has 0 amide bonds. The summed E-state index contributed by atoms with van der Waals surface area (Å²) in [5.74, 6) is -0.339. The van der Waals surface area contributed by atoms with Crippen LogP contribution in [0, 0.1) is 0 Å². The molecule has 0 saturated heterocycles. The fourth-order valence-corrected chi connectivity index (χ4v) is 2.84. The zero-order valence-corrected chi connectivity index (χ0v) is 13.2. The average Bonchev–Trinajstić information content (AvgIpc) is 2.75. The maximum atomic E-state index is 12.4. The lowest BCUT2D eigenvalue weighted by atomic mass is 10.1. The van der Waals surface area contributed by atoms with Gasteiger partial charge in [0.25, 0.3) is 0 Å². The lowest BCUT2D eigenvalue weighted by molar-refractivity contribution is 0.0990. The van der Waals surface area contributed by atoms with Crippen LogP contribution >= 0.6 is 15.9 Å². The SMILES string of the molecule is COc1cc(C=C2C(=O)c3ccccc3C2=O)c(Br)cc1O. The standard InChI is InChI=1S/C17H11BrO4/c1-22-15-7-9(13(18)8-14(15)19)6-12-16(20)10-4-2-3-5-11(10)17(12)21/h2-8,19H,1H3. The Kier molecular flexibility index (Phi) is 3.58. The second-order valence-electron chi connectivity index (χ2n) is 4.81. The quantitative estimate of drug-likeness (QED) is 0.657. The lowest BCUT2D eigenvalue weighted by Gasteiger charge is -2.07. The summed E-state index contributed by atoms with van der Waals surface area (Å²) >= 11 is 3.31. The monoisotopic (exact) mass is 358 g/mol. The van der Waals surface area contributed by atoms with Crippen LogP contribution in [0.1, 0.15) is 26.3 Å². The van der Waals surface area contributed by atoms with Crippen LogP contribution in [0.4, 0.5) is 0 Å². The van der Waals surface area contributed by atoms with Gasteiger partial charge in [0.2, 0.25) is 0 Å². The number of phenolic OH excluding ortho intramolecular Hbond substituents is 1. The molecule has 1 aliphatic rings. The number of ketones is 2. The fraction of sp³-hybridized carbons (Fsp3) is 0.0588. The number of hydrogen-bond acceptors (Lipinski definition) is 4. The third kappa shape index (κ3) is 2.23. The molecule has 0 radical (unpaired) electrons. The van der Waals surface area contributed by atoms with Crippen molar-refractivity contribution in [1.29, 1.82) is 0 Å². The zero-order valence-electron chi connectivity index (χ0n) is 11.6. The van der Waals surface area contributed by atoms with Gasteiger partial charge in [-0.15, -0.1) is 0 Å². The minimum Gasteiger partial charge on any atom is -0.504 e. The predicted molar refractivity (Wildman–Crippen MR) is 85.4 cm³/mol. The number of methoxy groups -OCH3 is 1. The highest BCUT2D eigenvalue weighted by Gasteiger charge is 2.32. The van der Waals surface area contributed by atoms with E-state index in [1.807, 2.05) is 0 Å². The van der Waals surface area contributed by atoms with E-state index in [0.717, 1.165) is 0 Å². The number of ether oxygens (including phenoxy) is 1. The topological polar surface area (TPSA) is 63.6 Å². The molecule has 2 aromatic rings. The van der Waals surface area contributed by atoms with E-state index in [2.05, 4.69) is 15.9 Å². The van der Waals surface area contributed by atoms with Gasteiger partial charge < -0.3 is 9.84 Å². The van der Waals surface area contributed by atoms with Crippen LogP contribution in [-0.4, -0.2) is 23.8 Å². The molecule has 4 nitrogen and oxygen atoms in total. The number of Topliss-reactive ketones (excluding diaryl/α,β-unsaturated/α-hetero) is 2. The molecule has 0 spiro atoms. The van der Waals surface area contributed by atoms with Crippen molar-refractivity contribution in [2.75, 3.05) is 7.11 Å². The minimum atomic E-state index is -0.292. The van der Waals surface area contributed by atoms with E-state index in [0.29, 0.717) is 21.2 Å². The molecule has 1 aliphatic carbocycles. The summed E-state index contributed by atoms with van der Waals surface area (Å²) in [5.41, 5.74) is 1.52. The third-order valence-electron chi connectivity index (χ3n) is 3.50. The number of carbonyl (C=O) groups excluding carboxylic acids is 2. The van der Waals surface area contributed by atoms with Crippen LogP contribution in [0.25, 0.3) is 6.08 Å². The number of halogens is 1. The van der Waals surface area contributed by atoms with Crippen molar-refractivity contribution in [1.82, 2.24) is 0 Å². The van der Waals surface area contributed by atoms with Crippen LogP contribution in [0.5, 0.6) is 11.5 Å². The van der Waals surface area contributed by atoms with Crippen LogP contribution in [0.2, 0.25) is 0 Å². The van der Waals surface area contributed by atoms with Gasteiger partial charge in [-0.2, -0.15) is 0 Å². The van der Waals surface area contributed by atoms with Crippen LogP contribution in [0.3, 0.4) is 0 Å². The summed E-state index contributed by atoms with van der Waals surface area (Å²) in [7, 11) is 1.43. The van der Waals surface area contributed by atoms with Gasteiger partial charge in [0.05, 0.1) is 12.7 Å². The molecule has 1 N–H and O–H groups in total. The number of aromatic hydroxyl groups is 1. The highest BCUT2D eigenvalue weighted by atomic mass is 79.9. The maximum absolute atomic E-state index is 12.4. The number of allylic oxidation sites excluding steroid dienone is 1. The first-order valence-corrected chi connectivity index (χ1v) is 7.29. The number of hydrogen-bond donors (Lipinski definition) is 1. The summed E-state index contributed by atoms with van der Waals surface area (Å²) in [5, 5.41) is 9.71. The van der Waals surface area contributed by atoms with Crippen molar-refractivity contribution < 1.29 is 19.4 Å². The van der Waals surface area contributed by atoms with Crippen LogP contribution < -0.4 is 4.74 Å². The van der Waals surface area contributed by atoms with Crippen molar-refractivity contribution >= 4 is 33.6 Å². The molecule has 110 valence electrons. The second-order valence-corrected chi connectivity index (χ2v) is 5.66. The van der Waals surface area contributed by atoms with Gasteiger partial charge in [0.1, 0.15) is 0 Å². The van der Waals surface area contributed by atoms with E-state index in [-0.39, 0.29) is 28.6 Å². The number of rotatable bonds is 2. The predicted octanol–water partition coefficient (Wildman–Crippen LogP) is 3.63. The van der Waals surface area contributed by atoms with E-state index in [1.54, 1.807) is 30.3 Å². The summed E-state index contributed by atoms with van der Waals surface area (Å²) in [4.78, 5) is 24.7. The molecule has 0 unspecified atom stereocenters. The van der Waals surface area contributed by atoms with E-state index in [1.165, 1.54) is 19.3 Å². The molecule has 2 aromatic carbocycles. The van der Waals surface area contributed by atoms with Crippen molar-refractivity contribution in [2.24, 2.45) is 0 Å². The summed E-state index contributed by atoms with van der Waals surface area (Å²) in [6, 6.07) is 9.77. The maximum Gasteiger partial charge on any atom is 0.197 e. The van der Waals surface area contributed by atoms with Crippen molar-refractivity contribution in [3.8, 4) is 11.5 Å². The summed E-state index contributed by atoms with van der Waals surface area (Å²) in [6.07, 6.45) is 1.51. The molecule has 0 aliphatic heterocycles. The minimum absolute atomic E-state index is 0.0242. The Morgan fingerprint density at radius 3 is 2.23 bits per heavy atom. The fourth-order valence-electron chi connectivity index (χ4n) is 2.39. The summed E-state index contributed by atoms with van der Waals surface area (Å²) < 4.78 is 5.62. The number of benzene rings is 2. The molecule has 0 fully saturated rings. The Labute approximate surface area is 135 Å². The first-order chi connectivity index (χ1) is 10.5. The van der Waals surface area contributed by atoms with Crippen molar-refractivity contribution in [2.45, 2.75) is 0 Å². The molecule has 5 heteroatoms. The van der Waals surface area contributed by atoms with Crippen LogP contribution in [0.15, 0.2) is 46.4 Å². The lowest BCUT2D eigenvalue weighted by Crippen LogP contribution is -2.00. The molecular weight excluding hydrogens is 348 g/mol. The van der Waals surface area contributed by atoms with Gasteiger partial charge in [0.15, 0.2) is 23.1 Å². The first kappa shape index (κ1) is 14.5. The van der Waals surface area contributed by atoms with Gasteiger partial charge in [0, 0.05) is 15.6 Å². The number of fused-ring (bicyclic) bond motifs is 1. The van der Waals surface area contributed by atoms with Gasteiger partial charge in [-0.3, -0.25) is 9.59 Å². The van der Waals surface area contributed by atoms with Gasteiger partial charge in [-0.05, 0) is 23.8 Å². The Balaban J connectivity index is 2.12. The number of phenols is 1. The Hall–Kier alpha value is -2.40. The van der Waals surface area contributed by atoms with E-state index in [4.69, 9.17) is 4.74 Å². The van der Waals surface area contributed by atoms with Gasteiger partial charge >= 0.3 is 0 Å². The van der Waals surface area contributed by atoms with E-state index in [9.17, 15) is 14.7 Å². The Morgan fingerprint density at radius 2 is 1.68 bits per heavy atom. The van der Waals surface area contributed by atoms with E-state index >= 15 is 0 Å². The number of carbonyl (C=O) groups is 2. The smallest absolute Gasteiger partial charge is 0.197 e. The van der Waals surface area contributed by atoms with Crippen molar-refractivity contribution in [3.63, 3.8) is 0 Å². The first-order valence-electron chi connectivity index (χ1n) is 6.49. The molecule has 0 aromatic heterocycles. The van der Waals surface area contributed by atoms with Gasteiger partial charge in [-0.25, -0.2) is 0 Å². The highest BCUT2D eigenvalue weighted by molar-refractivity contribution is 9.10. The molecular formula is C17H11BrO4. The third-order valence-corrected chi connectivity index (χ3v) is 4.19. The molecule has 0 bridgehead atoms. The van der Waals surface area contributed by atoms with Crippen molar-refractivity contribution in [3.05, 3.63) is 63.1 Å². The van der Waals surface area contributed by atoms with Gasteiger partial charge in [-0.1, -0.05) is 40.2 Å². The van der Waals surface area contributed by atoms with Crippen LogP contribution in [-0.2, 0) is 0 Å². The molecule has 0 heterocycles. The molecule has 3 rings (SSSR count). The Bertz CT molecular complexity index is 800. The molecule has 0 atom stereocenters. The van der Waals surface area contributed by atoms with E-state index < -0.39 is 0 Å². The summed E-state index contributed by atoms with van der Waals surface area (Å²) in [6.45, 7) is 0. The zero-order chi connectivity index (χ0) is 15.9. The Morgan fingerprint density at radius 1 is 1.09 bits per heavy atom. The largest absolute Gasteiger partial charge is 0.504 e. The average molecular weight is 359 g/mol. The second kappa shape index (κ2) is 5.42.